The molecule has 0 bridgehead atoms. The van der Waals surface area contributed by atoms with E-state index in [1.807, 2.05) is 30.3 Å². The minimum Gasteiger partial charge on any atom is -0.454 e. The van der Waals surface area contributed by atoms with Crippen LogP contribution in [0.15, 0.2) is 48.5 Å². The normalized spacial score (nSPS) is 13.8. The Morgan fingerprint density at radius 1 is 1.14 bits per heavy atom. The van der Waals surface area contributed by atoms with Crippen LogP contribution in [0.25, 0.3) is 0 Å². The first-order chi connectivity index (χ1) is 10.3. The van der Waals surface area contributed by atoms with Crippen LogP contribution < -0.4 is 14.8 Å². The Bertz CT molecular complexity index is 640. The van der Waals surface area contributed by atoms with Gasteiger partial charge in [0.25, 0.3) is 5.91 Å². The SMILES string of the molecule is CCC(NC(=O)c1ccc2c(c1)OCO2)c1ccccc1. The van der Waals surface area contributed by atoms with Crippen LogP contribution in [0.5, 0.6) is 11.5 Å². The first-order valence-corrected chi connectivity index (χ1v) is 7.03. The maximum absolute atomic E-state index is 12.4. The fourth-order valence-corrected chi connectivity index (χ4v) is 2.39. The van der Waals surface area contributed by atoms with Crippen LogP contribution in [0.2, 0.25) is 0 Å². The van der Waals surface area contributed by atoms with Crippen LogP contribution in [0.4, 0.5) is 0 Å². The van der Waals surface area contributed by atoms with Crippen LogP contribution in [0.1, 0.15) is 35.3 Å². The highest BCUT2D eigenvalue weighted by molar-refractivity contribution is 5.95. The maximum atomic E-state index is 12.4. The molecule has 1 N–H and O–H groups in total. The zero-order valence-electron chi connectivity index (χ0n) is 11.8. The van der Waals surface area contributed by atoms with Crippen LogP contribution in [0, 0.1) is 0 Å². The standard InChI is InChI=1S/C17H17NO3/c1-2-14(12-6-4-3-5-7-12)18-17(19)13-8-9-15-16(10-13)21-11-20-15/h3-10,14H,2,11H2,1H3,(H,18,19). The van der Waals surface area contributed by atoms with Gasteiger partial charge < -0.3 is 14.8 Å². The number of hydrogen-bond acceptors (Lipinski definition) is 3. The van der Waals surface area contributed by atoms with Crippen molar-refractivity contribution >= 4 is 5.91 Å². The Morgan fingerprint density at radius 2 is 1.90 bits per heavy atom. The number of carbonyl (C=O) groups is 1. The van der Waals surface area contributed by atoms with Crippen molar-refractivity contribution in [1.82, 2.24) is 5.32 Å². The highest BCUT2D eigenvalue weighted by Gasteiger charge is 2.18. The van der Waals surface area contributed by atoms with Gasteiger partial charge in [-0.1, -0.05) is 37.3 Å². The van der Waals surface area contributed by atoms with Gasteiger partial charge in [0, 0.05) is 5.56 Å². The minimum atomic E-state index is -0.107. The molecule has 1 heterocycles. The van der Waals surface area contributed by atoms with Gasteiger partial charge >= 0.3 is 0 Å². The lowest BCUT2D eigenvalue weighted by Gasteiger charge is -2.17. The van der Waals surface area contributed by atoms with Crippen LogP contribution >= 0.6 is 0 Å². The monoisotopic (exact) mass is 283 g/mol. The topological polar surface area (TPSA) is 47.6 Å². The third kappa shape index (κ3) is 2.84. The fraction of sp³-hybridized carbons (Fsp3) is 0.235. The molecule has 0 aromatic heterocycles. The van der Waals surface area contributed by atoms with E-state index in [2.05, 4.69) is 12.2 Å². The lowest BCUT2D eigenvalue weighted by Crippen LogP contribution is -2.28. The summed E-state index contributed by atoms with van der Waals surface area (Å²) in [7, 11) is 0. The quantitative estimate of drug-likeness (QED) is 0.936. The molecule has 0 saturated carbocycles. The molecule has 0 radical (unpaired) electrons. The molecule has 1 aliphatic heterocycles. The molecule has 1 atom stereocenters. The van der Waals surface area contributed by atoms with E-state index >= 15 is 0 Å². The molecule has 4 heteroatoms. The summed E-state index contributed by atoms with van der Waals surface area (Å²) < 4.78 is 10.6. The summed E-state index contributed by atoms with van der Waals surface area (Å²) in [4.78, 5) is 12.4. The number of nitrogens with one attached hydrogen (secondary N) is 1. The number of amides is 1. The molecule has 1 unspecified atom stereocenters. The summed E-state index contributed by atoms with van der Waals surface area (Å²) in [6, 6.07) is 15.2. The summed E-state index contributed by atoms with van der Waals surface area (Å²) in [6.45, 7) is 2.26. The van der Waals surface area contributed by atoms with Crippen molar-refractivity contribution in [1.29, 1.82) is 0 Å². The second-order valence-electron chi connectivity index (χ2n) is 4.91. The third-order valence-corrected chi connectivity index (χ3v) is 3.55. The smallest absolute Gasteiger partial charge is 0.251 e. The van der Waals surface area contributed by atoms with Crippen molar-refractivity contribution in [2.45, 2.75) is 19.4 Å². The third-order valence-electron chi connectivity index (χ3n) is 3.55. The molecule has 0 fully saturated rings. The number of rotatable bonds is 4. The van der Waals surface area contributed by atoms with Crippen molar-refractivity contribution in [3.63, 3.8) is 0 Å². The van der Waals surface area contributed by atoms with E-state index in [0.717, 1.165) is 12.0 Å². The summed E-state index contributed by atoms with van der Waals surface area (Å²) in [5, 5.41) is 3.06. The Kier molecular flexibility index (Phi) is 3.77. The van der Waals surface area contributed by atoms with Gasteiger partial charge in [0.05, 0.1) is 6.04 Å². The Hall–Kier alpha value is -2.49. The average molecular weight is 283 g/mol. The highest BCUT2D eigenvalue weighted by Crippen LogP contribution is 2.32. The van der Waals surface area contributed by atoms with Crippen molar-refractivity contribution in [2.75, 3.05) is 6.79 Å². The second-order valence-corrected chi connectivity index (χ2v) is 4.91. The van der Waals surface area contributed by atoms with Crippen LogP contribution in [0.3, 0.4) is 0 Å². The van der Waals surface area contributed by atoms with E-state index in [1.165, 1.54) is 0 Å². The van der Waals surface area contributed by atoms with Crippen molar-refractivity contribution in [3.05, 3.63) is 59.7 Å². The molecule has 2 aromatic carbocycles. The Labute approximate surface area is 123 Å². The average Bonchev–Trinajstić information content (AvgIpc) is 3.00. The summed E-state index contributed by atoms with van der Waals surface area (Å²) >= 11 is 0. The number of fused-ring (bicyclic) bond motifs is 1. The Balaban J connectivity index is 1.76. The summed E-state index contributed by atoms with van der Waals surface area (Å²) in [6.07, 6.45) is 0.834. The molecule has 3 rings (SSSR count). The van der Waals surface area contributed by atoms with Gasteiger partial charge in [-0.25, -0.2) is 0 Å². The first-order valence-electron chi connectivity index (χ1n) is 7.03. The van der Waals surface area contributed by atoms with Gasteiger partial charge in [-0.2, -0.15) is 0 Å². The lowest BCUT2D eigenvalue weighted by molar-refractivity contribution is 0.0935. The summed E-state index contributed by atoms with van der Waals surface area (Å²) in [5.74, 6) is 1.20. The predicted molar refractivity (Wildman–Crippen MR) is 79.5 cm³/mol. The lowest BCUT2D eigenvalue weighted by atomic mass is 10.0. The van der Waals surface area contributed by atoms with E-state index in [4.69, 9.17) is 9.47 Å². The predicted octanol–water partition coefficient (Wildman–Crippen LogP) is 3.30. The van der Waals surface area contributed by atoms with Crippen LogP contribution in [-0.2, 0) is 0 Å². The van der Waals surface area contributed by atoms with Gasteiger partial charge in [0.1, 0.15) is 0 Å². The molecule has 0 aliphatic carbocycles. The zero-order valence-corrected chi connectivity index (χ0v) is 11.8. The van der Waals surface area contributed by atoms with Gasteiger partial charge in [0.2, 0.25) is 6.79 Å². The van der Waals surface area contributed by atoms with Gasteiger partial charge in [0.15, 0.2) is 11.5 Å². The summed E-state index contributed by atoms with van der Waals surface area (Å²) in [5.41, 5.74) is 1.68. The van der Waals surface area contributed by atoms with E-state index in [0.29, 0.717) is 17.1 Å². The van der Waals surface area contributed by atoms with Gasteiger partial charge in [-0.3, -0.25) is 4.79 Å². The van der Waals surface area contributed by atoms with Crippen molar-refractivity contribution in [2.24, 2.45) is 0 Å². The Morgan fingerprint density at radius 3 is 2.67 bits per heavy atom. The molecular formula is C17H17NO3. The fourth-order valence-electron chi connectivity index (χ4n) is 2.39. The molecule has 21 heavy (non-hydrogen) atoms. The molecule has 4 nitrogen and oxygen atoms in total. The molecule has 0 saturated heterocycles. The molecule has 0 spiro atoms. The number of ether oxygens (including phenoxy) is 2. The maximum Gasteiger partial charge on any atom is 0.251 e. The van der Waals surface area contributed by atoms with E-state index < -0.39 is 0 Å². The van der Waals surface area contributed by atoms with E-state index in [1.54, 1.807) is 18.2 Å². The molecule has 2 aromatic rings. The number of carbonyl (C=O) groups excluding carboxylic acids is 1. The molecule has 1 amide bonds. The first kappa shape index (κ1) is 13.5. The molecule has 108 valence electrons. The van der Waals surface area contributed by atoms with Gasteiger partial charge in [-0.05, 0) is 30.2 Å². The molecule has 1 aliphatic rings. The zero-order chi connectivity index (χ0) is 14.7. The van der Waals surface area contributed by atoms with Crippen molar-refractivity contribution in [3.8, 4) is 11.5 Å². The van der Waals surface area contributed by atoms with E-state index in [9.17, 15) is 4.79 Å². The highest BCUT2D eigenvalue weighted by atomic mass is 16.7. The largest absolute Gasteiger partial charge is 0.454 e. The number of benzene rings is 2. The van der Waals surface area contributed by atoms with E-state index in [-0.39, 0.29) is 18.7 Å². The minimum absolute atomic E-state index is 0.00382. The second kappa shape index (κ2) is 5.87. The van der Waals surface area contributed by atoms with Crippen LogP contribution in [-0.4, -0.2) is 12.7 Å². The number of hydrogen-bond donors (Lipinski definition) is 1. The molecular weight excluding hydrogens is 266 g/mol. The van der Waals surface area contributed by atoms with Gasteiger partial charge in [-0.15, -0.1) is 0 Å². The van der Waals surface area contributed by atoms with Crippen molar-refractivity contribution < 1.29 is 14.3 Å².